The first kappa shape index (κ1) is 14.9. The number of nitrogens with one attached hydrogen (secondary N) is 1. The van der Waals surface area contributed by atoms with E-state index < -0.39 is 15.9 Å². The van der Waals surface area contributed by atoms with Crippen molar-refractivity contribution >= 4 is 21.6 Å². The smallest absolute Gasteiger partial charge is 0.245 e. The van der Waals surface area contributed by atoms with Crippen molar-refractivity contribution in [2.24, 2.45) is 0 Å². The van der Waals surface area contributed by atoms with Crippen molar-refractivity contribution in [3.8, 4) is 6.07 Å². The molecule has 0 heterocycles. The molecule has 0 saturated carbocycles. The Morgan fingerprint density at radius 2 is 2.16 bits per heavy atom. The largest absolute Gasteiger partial charge is 0.398 e. The third-order valence-corrected chi connectivity index (χ3v) is 4.35. The van der Waals surface area contributed by atoms with Gasteiger partial charge in [-0.05, 0) is 18.2 Å². The van der Waals surface area contributed by atoms with Gasteiger partial charge in [0.15, 0.2) is 0 Å². The first-order valence-electron chi connectivity index (χ1n) is 5.29. The van der Waals surface area contributed by atoms with Crippen LogP contribution in [0, 0.1) is 11.3 Å². The molecule has 0 unspecified atom stereocenters. The van der Waals surface area contributed by atoms with Crippen molar-refractivity contribution < 1.29 is 13.2 Å². The molecule has 0 spiro atoms. The molecule has 1 aromatic carbocycles. The highest BCUT2D eigenvalue weighted by atomic mass is 32.2. The number of nitrogens with zero attached hydrogens (tertiary/aromatic N) is 2. The summed E-state index contributed by atoms with van der Waals surface area (Å²) in [4.78, 5) is 11.1. The third-order valence-electron chi connectivity index (χ3n) is 2.47. The number of hydrogen-bond donors (Lipinski definition) is 2. The second kappa shape index (κ2) is 5.69. The van der Waals surface area contributed by atoms with E-state index in [9.17, 15) is 13.2 Å². The molecular formula is C11H14N4O3S. The van der Waals surface area contributed by atoms with E-state index in [4.69, 9.17) is 11.0 Å². The fraction of sp³-hybridized carbons (Fsp3) is 0.273. The lowest BCUT2D eigenvalue weighted by Gasteiger charge is -2.17. The normalized spacial score (nSPS) is 11.1. The van der Waals surface area contributed by atoms with Gasteiger partial charge < -0.3 is 11.1 Å². The lowest BCUT2D eigenvalue weighted by atomic mass is 10.2. The van der Waals surface area contributed by atoms with Crippen LogP contribution in [-0.4, -0.2) is 39.3 Å². The molecule has 8 heteroatoms. The minimum Gasteiger partial charge on any atom is -0.398 e. The summed E-state index contributed by atoms with van der Waals surface area (Å²) in [5, 5.41) is 11.0. The van der Waals surface area contributed by atoms with E-state index in [1.807, 2.05) is 6.07 Å². The summed E-state index contributed by atoms with van der Waals surface area (Å²) in [5.41, 5.74) is 5.87. The van der Waals surface area contributed by atoms with Crippen molar-refractivity contribution in [2.75, 3.05) is 26.4 Å². The molecule has 1 amide bonds. The number of carbonyl (C=O) groups is 1. The summed E-state index contributed by atoms with van der Waals surface area (Å²) < 4.78 is 25.3. The number of nitrogen functional groups attached to an aromatic ring is 1. The maximum Gasteiger partial charge on any atom is 0.245 e. The summed E-state index contributed by atoms with van der Waals surface area (Å²) >= 11 is 0. The molecule has 0 aliphatic rings. The van der Waals surface area contributed by atoms with E-state index in [1.165, 1.54) is 32.3 Å². The molecular weight excluding hydrogens is 268 g/mol. The van der Waals surface area contributed by atoms with Crippen LogP contribution in [0.15, 0.2) is 23.1 Å². The molecule has 102 valence electrons. The van der Waals surface area contributed by atoms with Gasteiger partial charge in [-0.1, -0.05) is 0 Å². The number of nitrogens with two attached hydrogens (primary N) is 1. The molecule has 1 rings (SSSR count). The molecule has 0 bridgehead atoms. The van der Waals surface area contributed by atoms with Gasteiger partial charge >= 0.3 is 0 Å². The Hall–Kier alpha value is -2.11. The lowest BCUT2D eigenvalue weighted by Crippen LogP contribution is -2.37. The predicted octanol–water partition coefficient (Wildman–Crippen LogP) is -0.493. The van der Waals surface area contributed by atoms with Gasteiger partial charge in [0.05, 0.1) is 23.9 Å². The lowest BCUT2D eigenvalue weighted by molar-refractivity contribution is -0.120. The minimum atomic E-state index is -3.86. The number of hydrogen-bond acceptors (Lipinski definition) is 5. The Bertz CT molecular complexity index is 634. The molecule has 1 aromatic rings. The maximum atomic E-state index is 12.2. The van der Waals surface area contributed by atoms with Crippen LogP contribution in [0.4, 0.5) is 5.69 Å². The Kier molecular flexibility index (Phi) is 4.47. The Balaban J connectivity index is 3.14. The number of nitriles is 1. The van der Waals surface area contributed by atoms with Gasteiger partial charge in [-0.2, -0.15) is 9.57 Å². The Labute approximate surface area is 111 Å². The molecule has 19 heavy (non-hydrogen) atoms. The Morgan fingerprint density at radius 1 is 1.53 bits per heavy atom. The highest BCUT2D eigenvalue weighted by Crippen LogP contribution is 2.22. The van der Waals surface area contributed by atoms with Crippen LogP contribution >= 0.6 is 0 Å². The Morgan fingerprint density at radius 3 is 2.63 bits per heavy atom. The number of rotatable bonds is 4. The zero-order chi connectivity index (χ0) is 14.6. The van der Waals surface area contributed by atoms with E-state index >= 15 is 0 Å². The fourth-order valence-electron chi connectivity index (χ4n) is 1.39. The van der Waals surface area contributed by atoms with Gasteiger partial charge in [-0.25, -0.2) is 8.42 Å². The topological polar surface area (TPSA) is 116 Å². The molecule has 3 N–H and O–H groups in total. The van der Waals surface area contributed by atoms with E-state index in [-0.39, 0.29) is 22.7 Å². The molecule has 0 aliphatic carbocycles. The van der Waals surface area contributed by atoms with Crippen molar-refractivity contribution in [1.29, 1.82) is 5.26 Å². The monoisotopic (exact) mass is 282 g/mol. The fourth-order valence-corrected chi connectivity index (χ4v) is 2.61. The van der Waals surface area contributed by atoms with Crippen LogP contribution in [0.3, 0.4) is 0 Å². The summed E-state index contributed by atoms with van der Waals surface area (Å²) in [7, 11) is -1.17. The van der Waals surface area contributed by atoms with Crippen LogP contribution in [0.1, 0.15) is 5.56 Å². The average molecular weight is 282 g/mol. The van der Waals surface area contributed by atoms with Crippen molar-refractivity contribution in [3.05, 3.63) is 23.8 Å². The first-order chi connectivity index (χ1) is 8.82. The second-order valence-electron chi connectivity index (χ2n) is 3.80. The summed E-state index contributed by atoms with van der Waals surface area (Å²) in [6, 6.07) is 5.75. The minimum absolute atomic E-state index is 0.0252. The molecule has 0 radical (unpaired) electrons. The average Bonchev–Trinajstić information content (AvgIpc) is 2.37. The quantitative estimate of drug-likeness (QED) is 0.723. The SMILES string of the molecule is CNC(=O)CN(C)S(=O)(=O)c1ccc(C#N)cc1N. The molecule has 0 aliphatic heterocycles. The van der Waals surface area contributed by atoms with Gasteiger partial charge in [-0.15, -0.1) is 0 Å². The van der Waals surface area contributed by atoms with E-state index in [2.05, 4.69) is 5.32 Å². The van der Waals surface area contributed by atoms with Crippen molar-refractivity contribution in [2.45, 2.75) is 4.90 Å². The highest BCUT2D eigenvalue weighted by Gasteiger charge is 2.24. The van der Waals surface area contributed by atoms with Crippen LogP contribution < -0.4 is 11.1 Å². The standard InChI is InChI=1S/C11H14N4O3S/c1-14-11(16)7-15(2)19(17,18)10-4-3-8(6-12)5-9(10)13/h3-5H,7,13H2,1-2H3,(H,14,16). The summed E-state index contributed by atoms with van der Waals surface area (Å²) in [5.74, 6) is -0.432. The number of anilines is 1. The molecule has 7 nitrogen and oxygen atoms in total. The zero-order valence-electron chi connectivity index (χ0n) is 10.5. The van der Waals surface area contributed by atoms with E-state index in [1.54, 1.807) is 0 Å². The van der Waals surface area contributed by atoms with Crippen LogP contribution in [0.5, 0.6) is 0 Å². The summed E-state index contributed by atoms with van der Waals surface area (Å²) in [6.45, 7) is -0.307. The number of amides is 1. The van der Waals surface area contributed by atoms with Crippen LogP contribution in [0.25, 0.3) is 0 Å². The zero-order valence-corrected chi connectivity index (χ0v) is 11.4. The molecule has 0 fully saturated rings. The molecule has 0 saturated heterocycles. The van der Waals surface area contributed by atoms with E-state index in [0.29, 0.717) is 0 Å². The maximum absolute atomic E-state index is 12.2. The van der Waals surface area contributed by atoms with Crippen LogP contribution in [0.2, 0.25) is 0 Å². The third kappa shape index (κ3) is 3.21. The molecule has 0 aromatic heterocycles. The number of benzene rings is 1. The predicted molar refractivity (Wildman–Crippen MR) is 69.5 cm³/mol. The van der Waals surface area contributed by atoms with E-state index in [0.717, 1.165) is 4.31 Å². The summed E-state index contributed by atoms with van der Waals surface area (Å²) in [6.07, 6.45) is 0. The number of carbonyl (C=O) groups excluding carboxylic acids is 1. The number of sulfonamides is 1. The van der Waals surface area contributed by atoms with Crippen molar-refractivity contribution in [1.82, 2.24) is 9.62 Å². The first-order valence-corrected chi connectivity index (χ1v) is 6.73. The van der Waals surface area contributed by atoms with Gasteiger partial charge in [-0.3, -0.25) is 4.79 Å². The van der Waals surface area contributed by atoms with Crippen molar-refractivity contribution in [3.63, 3.8) is 0 Å². The van der Waals surface area contributed by atoms with Gasteiger partial charge in [0.2, 0.25) is 15.9 Å². The van der Waals surface area contributed by atoms with Crippen LogP contribution in [-0.2, 0) is 14.8 Å². The number of likely N-dealkylation sites (N-methyl/N-ethyl adjacent to an activating group) is 2. The molecule has 0 atom stereocenters. The highest BCUT2D eigenvalue weighted by molar-refractivity contribution is 7.89. The van der Waals surface area contributed by atoms with Gasteiger partial charge in [0, 0.05) is 14.1 Å². The van der Waals surface area contributed by atoms with Gasteiger partial charge in [0.1, 0.15) is 4.90 Å². The second-order valence-corrected chi connectivity index (χ2v) is 5.81. The van der Waals surface area contributed by atoms with Gasteiger partial charge in [0.25, 0.3) is 0 Å².